The maximum Gasteiger partial charge on any atom is 0.144 e. The predicted molar refractivity (Wildman–Crippen MR) is 404 cm³/mol. The summed E-state index contributed by atoms with van der Waals surface area (Å²) in [5.41, 5.74) is 15.9. The van der Waals surface area contributed by atoms with Gasteiger partial charge in [-0.1, -0.05) is 0 Å². The van der Waals surface area contributed by atoms with Crippen LogP contribution in [0.15, 0.2) is 108 Å². The van der Waals surface area contributed by atoms with Gasteiger partial charge in [0.1, 0.15) is 188 Å². The molecule has 0 aliphatic carbocycles. The van der Waals surface area contributed by atoms with Crippen LogP contribution in [0.4, 0.5) is 5.82 Å². The fourth-order valence-corrected chi connectivity index (χ4v) is 24.7. The van der Waals surface area contributed by atoms with Crippen LogP contribution in [0.2, 0.25) is 0 Å². The van der Waals surface area contributed by atoms with Crippen LogP contribution >= 0.6 is 216 Å². The zero-order chi connectivity index (χ0) is 62.5. The van der Waals surface area contributed by atoms with Gasteiger partial charge >= 0.3 is 0 Å². The second-order valence-corrected chi connectivity index (χ2v) is 35.6. The van der Waals surface area contributed by atoms with E-state index in [0.717, 1.165) is 194 Å². The molecule has 0 fully saturated rings. The minimum Gasteiger partial charge on any atom is -0.312 e. The van der Waals surface area contributed by atoms with Crippen LogP contribution in [-0.4, -0.2) is 95.6 Å². The molecule has 459 valence electrons. The summed E-state index contributed by atoms with van der Waals surface area (Å²) in [7, 11) is 0. The maximum atomic E-state index is 4.99. The molecule has 18 aromatic rings. The molecule has 18 aromatic heterocycles. The first-order valence-corrected chi connectivity index (χ1v) is 44.0. The van der Waals surface area contributed by atoms with E-state index in [-0.39, 0.29) is 0 Å². The molecule has 19 nitrogen and oxygen atoms in total. The van der Waals surface area contributed by atoms with E-state index < -0.39 is 0 Å². The van der Waals surface area contributed by atoms with Gasteiger partial charge in [-0.3, -0.25) is 0 Å². The Morgan fingerprint density at radius 1 is 0.253 bits per heavy atom. The first-order valence-electron chi connectivity index (χ1n) is 27.1. The molecular formula is C57H22N19S19. The highest BCUT2D eigenvalue weighted by Gasteiger charge is 2.26. The van der Waals surface area contributed by atoms with Gasteiger partial charge in [-0.25, -0.2) is 89.7 Å². The molecule has 0 aromatic carbocycles. The molecule has 0 amide bonds. The second kappa shape index (κ2) is 25.3. The Balaban J connectivity index is 0.470. The Kier molecular flexibility index (Phi) is 15.8. The van der Waals surface area contributed by atoms with Crippen molar-refractivity contribution in [3.05, 3.63) is 119 Å². The highest BCUT2D eigenvalue weighted by molar-refractivity contribution is 8.02. The number of anilines is 1. The Morgan fingerprint density at radius 3 is 0.684 bits per heavy atom. The quantitative estimate of drug-likeness (QED) is 0.0776. The second-order valence-electron chi connectivity index (χ2n) is 19.5. The van der Waals surface area contributed by atoms with Gasteiger partial charge in [0.2, 0.25) is 0 Å². The molecule has 1 aliphatic rings. The van der Waals surface area contributed by atoms with Gasteiger partial charge in [0.25, 0.3) is 0 Å². The third kappa shape index (κ3) is 11.6. The topological polar surface area (TPSA) is 235 Å². The lowest BCUT2D eigenvalue weighted by molar-refractivity contribution is 1.14. The number of hydrogen-bond acceptors (Lipinski definition) is 38. The smallest absolute Gasteiger partial charge is 0.144 e. The summed E-state index contributed by atoms with van der Waals surface area (Å²) < 4.78 is 0. The summed E-state index contributed by atoms with van der Waals surface area (Å²) in [6.45, 7) is 0. The Hall–Kier alpha value is -6.77. The lowest BCUT2D eigenvalue weighted by Gasteiger charge is -2.16. The van der Waals surface area contributed by atoms with Crippen molar-refractivity contribution in [2.75, 3.05) is 10.8 Å². The van der Waals surface area contributed by atoms with Gasteiger partial charge in [0, 0.05) is 96.8 Å². The number of hydrogen-bond donors (Lipinski definition) is 0. The van der Waals surface area contributed by atoms with Crippen LogP contribution in [0.3, 0.4) is 0 Å². The van der Waals surface area contributed by atoms with Gasteiger partial charge in [-0.15, -0.1) is 216 Å². The van der Waals surface area contributed by atoms with E-state index in [1.807, 2.05) is 91.6 Å². The van der Waals surface area contributed by atoms with E-state index in [1.54, 1.807) is 204 Å². The molecule has 19 heterocycles. The van der Waals surface area contributed by atoms with Crippen molar-refractivity contribution >= 4 is 227 Å². The van der Waals surface area contributed by atoms with Gasteiger partial charge in [0.05, 0.1) is 17.1 Å². The summed E-state index contributed by atoms with van der Waals surface area (Å²) in [4.78, 5) is 90.2. The maximum absolute atomic E-state index is 4.99. The molecule has 0 spiro atoms. The highest BCUT2D eigenvalue weighted by atomic mass is 32.2. The van der Waals surface area contributed by atoms with Gasteiger partial charge in [-0.2, -0.15) is 0 Å². The third-order valence-corrected chi connectivity index (χ3v) is 29.5. The fraction of sp³-hybridized carbons (Fsp3) is 0.0175. The molecule has 0 saturated heterocycles. The average Bonchev–Trinajstić information content (AvgIpc) is 1.87. The van der Waals surface area contributed by atoms with E-state index in [0.29, 0.717) is 0 Å². The molecule has 0 atom stereocenters. The first kappa shape index (κ1) is 59.5. The van der Waals surface area contributed by atoms with E-state index in [2.05, 4.69) is 37.2 Å². The summed E-state index contributed by atoms with van der Waals surface area (Å²) in [5, 5.41) is 52.7. The zero-order valence-electron chi connectivity index (χ0n) is 46.5. The number of aromatic nitrogens is 18. The predicted octanol–water partition coefficient (Wildman–Crippen LogP) is 20.9. The Labute approximate surface area is 610 Å². The Bertz CT molecular complexity index is 5790. The molecule has 38 heteroatoms. The van der Waals surface area contributed by atoms with Crippen LogP contribution in [0.5, 0.6) is 0 Å². The van der Waals surface area contributed by atoms with Crippen molar-refractivity contribution in [1.29, 1.82) is 0 Å². The highest BCUT2D eigenvalue weighted by Crippen LogP contribution is 2.44. The average molecular weight is 1580 g/mol. The van der Waals surface area contributed by atoms with Gasteiger partial charge < -0.3 is 4.90 Å². The molecule has 0 bridgehead atoms. The van der Waals surface area contributed by atoms with Crippen molar-refractivity contribution in [2.24, 2.45) is 0 Å². The number of thiazole rings is 18. The van der Waals surface area contributed by atoms with E-state index >= 15 is 0 Å². The van der Waals surface area contributed by atoms with E-state index in [1.165, 1.54) is 11.3 Å². The van der Waals surface area contributed by atoms with Crippen LogP contribution in [-0.2, 0) is 0 Å². The molecule has 95 heavy (non-hydrogen) atoms. The first-order chi connectivity index (χ1) is 46.9. The van der Waals surface area contributed by atoms with Crippen molar-refractivity contribution in [1.82, 2.24) is 89.7 Å². The minimum atomic E-state index is 0.795. The van der Waals surface area contributed by atoms with Gasteiger partial charge in [-0.05, 0) is 5.41 Å². The Morgan fingerprint density at radius 2 is 0.474 bits per heavy atom. The lowest BCUT2D eigenvalue weighted by atomic mass is 10.4. The summed E-state index contributed by atoms with van der Waals surface area (Å²) in [5.74, 6) is 1.77. The van der Waals surface area contributed by atoms with Crippen LogP contribution in [0, 0.1) is 6.20 Å². The molecule has 1 aliphatic heterocycles. The third-order valence-electron chi connectivity index (χ3n) is 13.6. The zero-order valence-corrected chi connectivity index (χ0v) is 62.0. The monoisotopic (exact) mass is 1580 g/mol. The van der Waals surface area contributed by atoms with Crippen molar-refractivity contribution < 1.29 is 0 Å². The fourth-order valence-electron chi connectivity index (χ4n) is 9.16. The number of rotatable bonds is 18. The van der Waals surface area contributed by atoms with Crippen LogP contribution < -0.4 is 4.90 Å². The summed E-state index contributed by atoms with van der Waals surface area (Å²) in [6.07, 6.45) is 2.86. The molecule has 1 radical (unpaired) electrons. The summed E-state index contributed by atoms with van der Waals surface area (Å²) in [6, 6.07) is 0. The minimum absolute atomic E-state index is 0.795. The van der Waals surface area contributed by atoms with Crippen molar-refractivity contribution in [3.63, 3.8) is 0 Å². The molecular weight excluding hydrogens is 1560 g/mol. The van der Waals surface area contributed by atoms with Crippen molar-refractivity contribution in [2.45, 2.75) is 0 Å². The lowest BCUT2D eigenvalue weighted by Crippen LogP contribution is -2.16. The van der Waals surface area contributed by atoms with E-state index in [4.69, 9.17) is 79.7 Å². The molecule has 0 N–H and O–H groups in total. The van der Waals surface area contributed by atoms with Crippen molar-refractivity contribution in [3.8, 4) is 171 Å². The van der Waals surface area contributed by atoms with Gasteiger partial charge in [0.15, 0.2) is 0 Å². The largest absolute Gasteiger partial charge is 0.312 e. The molecule has 19 rings (SSSR count). The van der Waals surface area contributed by atoms with Crippen LogP contribution in [0.1, 0.15) is 5.01 Å². The standard InChI is InChI=1S/C57H22N19S19/c1-2-79-41(58-1)23-3-80-42(60-23)24-4-81-43(61-24)25-5-82-44(62-25)26-6-83-45(63-26)27-7-84-46(64-27)28-8-85-47(65-28)29-9-86-48(66-29)30-10-87-49(67-30)31-11-88-50(68-31)32-12-89-51(69-32)33-13-90-52(70-33)34-14-91-53(71-34)35-15-92-54(72-35)36-16-93-55(73-36)37-17-94-56(74-37)38-18-95-57(75-38)39-19-78-22-76(39)40-20-77-21-59-40/h2-21H,22H2. The normalized spacial score (nSPS) is 12.6. The number of thioether (sulfide) groups is 1. The SMILES string of the molecule is [c]1csc(-c2csc(-c3csc(-c4csc(-c5csc(-c6csc(-c7csc(-c8csc(-c9csc(-c%10csc(-c%11csc(-c%12csc(-c%13csc(-c%14csc(-c%15csc(-c%16csc(-c%17csc(C%18=CSCN%18c%18cscn%18)n%17)n%16)n%15)n%14)n%13)n%12)n%11)n%10)n9)n8)n7)n6)n5)n4)n3)n2)n1. The molecule has 0 unspecified atom stereocenters. The number of nitrogens with zero attached hydrogens (tertiary/aromatic N) is 19. The van der Waals surface area contributed by atoms with E-state index in [9.17, 15) is 0 Å². The summed E-state index contributed by atoms with van der Waals surface area (Å²) >= 11 is 29.7. The molecule has 0 saturated carbocycles. The van der Waals surface area contributed by atoms with Crippen LogP contribution in [0.25, 0.3) is 177 Å².